The van der Waals surface area contributed by atoms with Crippen LogP contribution in [0.5, 0.6) is 11.5 Å². The summed E-state index contributed by atoms with van der Waals surface area (Å²) in [6.45, 7) is 3.78. The lowest BCUT2D eigenvalue weighted by Crippen LogP contribution is -2.10. The number of rotatable bonds is 5. The summed E-state index contributed by atoms with van der Waals surface area (Å²) in [6, 6.07) is 3.75. The maximum absolute atomic E-state index is 12.3. The van der Waals surface area contributed by atoms with Crippen molar-refractivity contribution in [2.75, 3.05) is 13.2 Å². The second-order valence-electron chi connectivity index (χ2n) is 3.01. The van der Waals surface area contributed by atoms with Crippen molar-refractivity contribution in [2.45, 2.75) is 13.8 Å². The molecule has 0 bridgehead atoms. The zero-order valence-electron chi connectivity index (χ0n) is 9.21. The Morgan fingerprint density at radius 2 is 1.75 bits per heavy atom. The van der Waals surface area contributed by atoms with Gasteiger partial charge in [0.15, 0.2) is 0 Å². The number of phenolic OH excluding ortho intramolecular Hbond substituents is 2. The van der Waals surface area contributed by atoms with Gasteiger partial charge in [-0.15, -0.1) is 0 Å². The van der Waals surface area contributed by atoms with E-state index >= 15 is 0 Å². The molecule has 0 radical (unpaired) electrons. The summed E-state index contributed by atoms with van der Waals surface area (Å²) in [6.07, 6.45) is 0. The van der Waals surface area contributed by atoms with Gasteiger partial charge in [-0.1, -0.05) is 0 Å². The minimum atomic E-state index is -3.49. The van der Waals surface area contributed by atoms with Crippen LogP contribution in [0.2, 0.25) is 0 Å². The maximum Gasteiger partial charge on any atom is 0.365 e. The average Bonchev–Trinajstić information content (AvgIpc) is 2.17. The van der Waals surface area contributed by atoms with Gasteiger partial charge < -0.3 is 19.3 Å². The van der Waals surface area contributed by atoms with Crippen LogP contribution in [0, 0.1) is 0 Å². The van der Waals surface area contributed by atoms with Gasteiger partial charge in [-0.3, -0.25) is 4.57 Å². The van der Waals surface area contributed by atoms with E-state index in [0.29, 0.717) is 0 Å². The monoisotopic (exact) mass is 246 g/mol. The molecule has 0 fully saturated rings. The number of hydrogen-bond acceptors (Lipinski definition) is 5. The van der Waals surface area contributed by atoms with Crippen LogP contribution in [0.1, 0.15) is 13.8 Å². The predicted molar refractivity (Wildman–Crippen MR) is 60.3 cm³/mol. The fraction of sp³-hybridized carbons (Fsp3) is 0.400. The number of phenols is 2. The number of benzene rings is 1. The first-order valence-electron chi connectivity index (χ1n) is 4.95. The normalized spacial score (nSPS) is 11.6. The van der Waals surface area contributed by atoms with E-state index in [1.807, 2.05) is 0 Å². The zero-order chi connectivity index (χ0) is 12.2. The van der Waals surface area contributed by atoms with Crippen LogP contribution in [-0.4, -0.2) is 23.4 Å². The molecule has 5 nitrogen and oxygen atoms in total. The van der Waals surface area contributed by atoms with E-state index in [1.54, 1.807) is 13.8 Å². The SMILES string of the molecule is CCOP(=O)(OCC)c1ccc(O)cc1O. The lowest BCUT2D eigenvalue weighted by atomic mass is 10.3. The van der Waals surface area contributed by atoms with E-state index in [4.69, 9.17) is 14.2 Å². The van der Waals surface area contributed by atoms with Gasteiger partial charge in [-0.05, 0) is 26.0 Å². The molecule has 90 valence electrons. The molecule has 0 unspecified atom stereocenters. The van der Waals surface area contributed by atoms with Crippen LogP contribution in [0.25, 0.3) is 0 Å². The lowest BCUT2D eigenvalue weighted by molar-refractivity contribution is 0.229. The number of aromatic hydroxyl groups is 2. The van der Waals surface area contributed by atoms with Crippen molar-refractivity contribution >= 4 is 12.9 Å². The number of hydrogen-bond donors (Lipinski definition) is 2. The topological polar surface area (TPSA) is 76.0 Å². The summed E-state index contributed by atoms with van der Waals surface area (Å²) in [5.74, 6) is -0.411. The summed E-state index contributed by atoms with van der Waals surface area (Å²) in [4.78, 5) is 0. The highest BCUT2D eigenvalue weighted by atomic mass is 31.2. The summed E-state index contributed by atoms with van der Waals surface area (Å²) in [5.41, 5.74) is 0. The van der Waals surface area contributed by atoms with Gasteiger partial charge in [-0.2, -0.15) is 0 Å². The molecule has 6 heteroatoms. The Balaban J connectivity index is 3.15. The van der Waals surface area contributed by atoms with E-state index in [-0.39, 0.29) is 30.0 Å². The van der Waals surface area contributed by atoms with Crippen molar-refractivity contribution in [3.05, 3.63) is 18.2 Å². The molecule has 1 rings (SSSR count). The zero-order valence-corrected chi connectivity index (χ0v) is 10.1. The second-order valence-corrected chi connectivity index (χ2v) is 5.00. The van der Waals surface area contributed by atoms with Crippen LogP contribution in [0.4, 0.5) is 0 Å². The second kappa shape index (κ2) is 5.34. The summed E-state index contributed by atoms with van der Waals surface area (Å²) in [7, 11) is -3.49. The molecular formula is C10H15O5P. The van der Waals surface area contributed by atoms with E-state index in [2.05, 4.69) is 0 Å². The third kappa shape index (κ3) is 2.76. The molecule has 0 aromatic heterocycles. The standard InChI is InChI=1S/C10H15O5P/c1-3-14-16(13,15-4-2)10-6-5-8(11)7-9(10)12/h5-7,11-12H,3-4H2,1-2H3. The largest absolute Gasteiger partial charge is 0.508 e. The first-order valence-corrected chi connectivity index (χ1v) is 6.49. The van der Waals surface area contributed by atoms with E-state index in [0.717, 1.165) is 6.07 Å². The Bertz CT molecular complexity index is 394. The Morgan fingerprint density at radius 3 is 2.19 bits per heavy atom. The fourth-order valence-electron chi connectivity index (χ4n) is 1.26. The predicted octanol–water partition coefficient (Wildman–Crippen LogP) is 1.99. The third-order valence-corrected chi connectivity index (χ3v) is 4.02. The van der Waals surface area contributed by atoms with Crippen molar-refractivity contribution in [1.82, 2.24) is 0 Å². The molecule has 0 atom stereocenters. The Morgan fingerprint density at radius 1 is 1.19 bits per heavy atom. The first kappa shape index (κ1) is 13.0. The van der Waals surface area contributed by atoms with Crippen molar-refractivity contribution in [3.63, 3.8) is 0 Å². The van der Waals surface area contributed by atoms with Crippen LogP contribution >= 0.6 is 7.60 Å². The van der Waals surface area contributed by atoms with Gasteiger partial charge in [0.25, 0.3) is 0 Å². The maximum atomic E-state index is 12.3. The summed E-state index contributed by atoms with van der Waals surface area (Å²) >= 11 is 0. The Hall–Kier alpha value is -1.03. The molecule has 1 aromatic carbocycles. The van der Waals surface area contributed by atoms with Gasteiger partial charge >= 0.3 is 7.60 Å². The van der Waals surface area contributed by atoms with Gasteiger partial charge in [0.05, 0.1) is 13.2 Å². The lowest BCUT2D eigenvalue weighted by Gasteiger charge is -2.17. The minimum absolute atomic E-state index is 0.0639. The first-order chi connectivity index (χ1) is 7.53. The van der Waals surface area contributed by atoms with E-state index in [9.17, 15) is 9.67 Å². The highest BCUT2D eigenvalue weighted by molar-refractivity contribution is 7.62. The fourth-order valence-corrected chi connectivity index (χ4v) is 2.89. The molecule has 0 saturated heterocycles. The Kier molecular flexibility index (Phi) is 4.35. The molecule has 0 aliphatic rings. The Labute approximate surface area is 94.2 Å². The molecule has 0 aliphatic heterocycles. The van der Waals surface area contributed by atoms with Gasteiger partial charge in [0.2, 0.25) is 0 Å². The molecule has 0 amide bonds. The minimum Gasteiger partial charge on any atom is -0.508 e. The van der Waals surface area contributed by atoms with Gasteiger partial charge in [0.1, 0.15) is 16.8 Å². The quantitative estimate of drug-likeness (QED) is 0.777. The van der Waals surface area contributed by atoms with Crippen molar-refractivity contribution < 1.29 is 23.8 Å². The van der Waals surface area contributed by atoms with Crippen LogP contribution < -0.4 is 5.30 Å². The molecule has 1 aromatic rings. The molecule has 16 heavy (non-hydrogen) atoms. The van der Waals surface area contributed by atoms with Crippen molar-refractivity contribution in [3.8, 4) is 11.5 Å². The van der Waals surface area contributed by atoms with Crippen LogP contribution in [0.15, 0.2) is 18.2 Å². The molecule has 2 N–H and O–H groups in total. The van der Waals surface area contributed by atoms with Crippen LogP contribution in [0.3, 0.4) is 0 Å². The summed E-state index contributed by atoms with van der Waals surface area (Å²) < 4.78 is 22.4. The highest BCUT2D eigenvalue weighted by Gasteiger charge is 2.29. The van der Waals surface area contributed by atoms with E-state index < -0.39 is 7.60 Å². The molecular weight excluding hydrogens is 231 g/mol. The van der Waals surface area contributed by atoms with Crippen molar-refractivity contribution in [1.29, 1.82) is 0 Å². The van der Waals surface area contributed by atoms with E-state index in [1.165, 1.54) is 12.1 Å². The third-order valence-electron chi connectivity index (χ3n) is 1.85. The summed E-state index contributed by atoms with van der Waals surface area (Å²) in [5, 5.41) is 18.8. The highest BCUT2D eigenvalue weighted by Crippen LogP contribution is 2.49. The molecule has 0 saturated carbocycles. The van der Waals surface area contributed by atoms with Gasteiger partial charge in [-0.25, -0.2) is 0 Å². The van der Waals surface area contributed by atoms with Crippen molar-refractivity contribution in [2.24, 2.45) is 0 Å². The molecule has 0 aliphatic carbocycles. The average molecular weight is 246 g/mol. The smallest absolute Gasteiger partial charge is 0.365 e. The van der Waals surface area contributed by atoms with Crippen LogP contribution in [-0.2, 0) is 13.6 Å². The van der Waals surface area contributed by atoms with Gasteiger partial charge in [0, 0.05) is 6.07 Å². The molecule has 0 heterocycles. The molecule has 0 spiro atoms.